The van der Waals surface area contributed by atoms with Crippen molar-refractivity contribution in [1.29, 1.82) is 0 Å². The summed E-state index contributed by atoms with van der Waals surface area (Å²) >= 11 is 0. The maximum Gasteiger partial charge on any atom is 0.233 e. The Bertz CT molecular complexity index is 958. The smallest absolute Gasteiger partial charge is 0.233 e. The SMILES string of the molecule is COc1ccc(Nc2nc(Nc3cccc(OC)c3)nc(N3CCCC3)n2)cc1. The molecule has 2 N–H and O–H groups in total. The first-order valence-electron chi connectivity index (χ1n) is 9.57. The maximum absolute atomic E-state index is 5.30. The van der Waals surface area contributed by atoms with Gasteiger partial charge in [0.05, 0.1) is 14.2 Å². The Balaban J connectivity index is 1.62. The maximum atomic E-state index is 5.30. The summed E-state index contributed by atoms with van der Waals surface area (Å²) in [6.07, 6.45) is 2.29. The van der Waals surface area contributed by atoms with Gasteiger partial charge in [-0.25, -0.2) is 0 Å². The van der Waals surface area contributed by atoms with Gasteiger partial charge >= 0.3 is 0 Å². The molecule has 8 nitrogen and oxygen atoms in total. The number of hydrogen-bond acceptors (Lipinski definition) is 8. The summed E-state index contributed by atoms with van der Waals surface area (Å²) in [6, 6.07) is 15.3. The molecule has 150 valence electrons. The number of nitrogens with zero attached hydrogens (tertiary/aromatic N) is 4. The molecule has 0 radical (unpaired) electrons. The Hall–Kier alpha value is -3.55. The van der Waals surface area contributed by atoms with Crippen LogP contribution in [-0.4, -0.2) is 42.3 Å². The fourth-order valence-electron chi connectivity index (χ4n) is 3.17. The predicted octanol–water partition coefficient (Wildman–Crippen LogP) is 3.98. The average molecular weight is 392 g/mol. The molecule has 1 fully saturated rings. The monoisotopic (exact) mass is 392 g/mol. The summed E-state index contributed by atoms with van der Waals surface area (Å²) in [5.74, 6) is 3.19. The van der Waals surface area contributed by atoms with Gasteiger partial charge in [-0.1, -0.05) is 6.07 Å². The molecule has 0 amide bonds. The van der Waals surface area contributed by atoms with Crippen LogP contribution >= 0.6 is 0 Å². The first-order valence-corrected chi connectivity index (χ1v) is 9.57. The van der Waals surface area contributed by atoms with Gasteiger partial charge in [-0.15, -0.1) is 0 Å². The second-order valence-corrected chi connectivity index (χ2v) is 6.69. The standard InChI is InChI=1S/C21H24N6O2/c1-28-17-10-8-15(9-11-17)22-19-24-20(23-16-6-5-7-18(14-16)29-2)26-21(25-19)27-12-3-4-13-27/h5-11,14H,3-4,12-13H2,1-2H3,(H2,22,23,24,25,26). The van der Waals surface area contributed by atoms with Gasteiger partial charge in [0.2, 0.25) is 17.8 Å². The van der Waals surface area contributed by atoms with Crippen molar-refractivity contribution in [2.75, 3.05) is 42.8 Å². The molecule has 0 bridgehead atoms. The molecule has 0 unspecified atom stereocenters. The van der Waals surface area contributed by atoms with Crippen molar-refractivity contribution in [2.24, 2.45) is 0 Å². The zero-order valence-electron chi connectivity index (χ0n) is 16.6. The Morgan fingerprint density at radius 3 is 2.07 bits per heavy atom. The summed E-state index contributed by atoms with van der Waals surface area (Å²) in [6.45, 7) is 1.90. The van der Waals surface area contributed by atoms with Crippen LogP contribution in [0.15, 0.2) is 48.5 Å². The molecule has 3 aromatic rings. The summed E-state index contributed by atoms with van der Waals surface area (Å²) in [5.41, 5.74) is 1.72. The van der Waals surface area contributed by atoms with E-state index < -0.39 is 0 Å². The van der Waals surface area contributed by atoms with Crippen LogP contribution in [0.1, 0.15) is 12.8 Å². The van der Waals surface area contributed by atoms with E-state index in [1.807, 2.05) is 48.5 Å². The van der Waals surface area contributed by atoms with Crippen molar-refractivity contribution in [1.82, 2.24) is 15.0 Å². The number of aromatic nitrogens is 3. The van der Waals surface area contributed by atoms with E-state index in [1.165, 1.54) is 0 Å². The molecule has 2 aromatic carbocycles. The highest BCUT2D eigenvalue weighted by Crippen LogP contribution is 2.25. The lowest BCUT2D eigenvalue weighted by atomic mass is 10.3. The van der Waals surface area contributed by atoms with Gasteiger partial charge in [-0.05, 0) is 49.2 Å². The summed E-state index contributed by atoms with van der Waals surface area (Å²) in [7, 11) is 3.29. The Morgan fingerprint density at radius 1 is 0.759 bits per heavy atom. The average Bonchev–Trinajstić information content (AvgIpc) is 3.29. The second-order valence-electron chi connectivity index (χ2n) is 6.69. The third-order valence-corrected chi connectivity index (χ3v) is 4.68. The van der Waals surface area contributed by atoms with Gasteiger partial charge in [0.25, 0.3) is 0 Å². The van der Waals surface area contributed by atoms with Crippen molar-refractivity contribution in [3.05, 3.63) is 48.5 Å². The van der Waals surface area contributed by atoms with Crippen molar-refractivity contribution in [3.8, 4) is 11.5 Å². The molecule has 1 aliphatic rings. The van der Waals surface area contributed by atoms with Crippen LogP contribution in [0, 0.1) is 0 Å². The van der Waals surface area contributed by atoms with Crippen molar-refractivity contribution in [2.45, 2.75) is 12.8 Å². The zero-order chi connectivity index (χ0) is 20.1. The molecule has 1 aromatic heterocycles. The van der Waals surface area contributed by atoms with Crippen LogP contribution < -0.4 is 25.0 Å². The lowest BCUT2D eigenvalue weighted by molar-refractivity contribution is 0.415. The number of rotatable bonds is 7. The number of anilines is 5. The van der Waals surface area contributed by atoms with Gasteiger partial charge in [-0.3, -0.25) is 0 Å². The zero-order valence-corrected chi connectivity index (χ0v) is 16.6. The molecule has 29 heavy (non-hydrogen) atoms. The fourth-order valence-corrected chi connectivity index (χ4v) is 3.17. The van der Waals surface area contributed by atoms with Gasteiger partial charge in [0, 0.05) is 30.5 Å². The summed E-state index contributed by atoms with van der Waals surface area (Å²) < 4.78 is 10.5. The summed E-state index contributed by atoms with van der Waals surface area (Å²) in [4.78, 5) is 16.0. The van der Waals surface area contributed by atoms with E-state index >= 15 is 0 Å². The van der Waals surface area contributed by atoms with Crippen LogP contribution in [0.25, 0.3) is 0 Å². The van der Waals surface area contributed by atoms with Crippen molar-refractivity contribution < 1.29 is 9.47 Å². The first kappa shape index (κ1) is 18.8. The minimum Gasteiger partial charge on any atom is -0.497 e. The largest absolute Gasteiger partial charge is 0.497 e. The minimum atomic E-state index is 0.478. The third kappa shape index (κ3) is 4.66. The molecule has 4 rings (SSSR count). The lowest BCUT2D eigenvalue weighted by Crippen LogP contribution is -2.21. The fraction of sp³-hybridized carbons (Fsp3) is 0.286. The highest BCUT2D eigenvalue weighted by Gasteiger charge is 2.18. The van der Waals surface area contributed by atoms with Gasteiger partial charge in [0.1, 0.15) is 11.5 Å². The Labute approximate surface area is 169 Å². The molecule has 1 aliphatic heterocycles. The van der Waals surface area contributed by atoms with Crippen LogP contribution in [0.4, 0.5) is 29.2 Å². The molecule has 2 heterocycles. The predicted molar refractivity (Wildman–Crippen MR) is 114 cm³/mol. The molecule has 0 aliphatic carbocycles. The van der Waals surface area contributed by atoms with Gasteiger partial charge in [0.15, 0.2) is 0 Å². The van der Waals surface area contributed by atoms with Gasteiger partial charge < -0.3 is 25.0 Å². The van der Waals surface area contributed by atoms with Crippen LogP contribution in [-0.2, 0) is 0 Å². The number of nitrogens with one attached hydrogen (secondary N) is 2. The van der Waals surface area contributed by atoms with Crippen molar-refractivity contribution >= 4 is 29.2 Å². The molecule has 0 spiro atoms. The van der Waals surface area contributed by atoms with E-state index in [4.69, 9.17) is 9.47 Å². The van der Waals surface area contributed by atoms with Gasteiger partial charge in [-0.2, -0.15) is 15.0 Å². The quantitative estimate of drug-likeness (QED) is 0.625. The number of methoxy groups -OCH3 is 2. The third-order valence-electron chi connectivity index (χ3n) is 4.68. The van der Waals surface area contributed by atoms with E-state index in [0.717, 1.165) is 48.8 Å². The van der Waals surface area contributed by atoms with E-state index in [1.54, 1.807) is 14.2 Å². The highest BCUT2D eigenvalue weighted by atomic mass is 16.5. The van der Waals surface area contributed by atoms with E-state index in [-0.39, 0.29) is 0 Å². The second kappa shape index (κ2) is 8.64. The minimum absolute atomic E-state index is 0.478. The highest BCUT2D eigenvalue weighted by molar-refractivity contribution is 5.61. The van der Waals surface area contributed by atoms with E-state index in [2.05, 4.69) is 30.5 Å². The molecule has 1 saturated heterocycles. The number of hydrogen-bond donors (Lipinski definition) is 2. The molecule has 8 heteroatoms. The number of ether oxygens (including phenoxy) is 2. The topological polar surface area (TPSA) is 84.4 Å². The lowest BCUT2D eigenvalue weighted by Gasteiger charge is -2.17. The van der Waals surface area contributed by atoms with Crippen LogP contribution in [0.5, 0.6) is 11.5 Å². The molecule has 0 saturated carbocycles. The van der Waals surface area contributed by atoms with E-state index in [9.17, 15) is 0 Å². The molecular formula is C21H24N6O2. The molecular weight excluding hydrogens is 368 g/mol. The first-order chi connectivity index (χ1) is 14.2. The molecule has 0 atom stereocenters. The van der Waals surface area contributed by atoms with E-state index in [0.29, 0.717) is 17.8 Å². The summed E-state index contributed by atoms with van der Waals surface area (Å²) in [5, 5.41) is 6.52. The number of benzene rings is 2. The van der Waals surface area contributed by atoms with Crippen LogP contribution in [0.3, 0.4) is 0 Å². The Morgan fingerprint density at radius 2 is 1.41 bits per heavy atom. The Kier molecular flexibility index (Phi) is 5.60. The van der Waals surface area contributed by atoms with Crippen LogP contribution in [0.2, 0.25) is 0 Å². The normalized spacial score (nSPS) is 13.2. The van der Waals surface area contributed by atoms with Crippen molar-refractivity contribution in [3.63, 3.8) is 0 Å².